The summed E-state index contributed by atoms with van der Waals surface area (Å²) in [7, 11) is 0. The molecule has 0 radical (unpaired) electrons. The Morgan fingerprint density at radius 1 is 1.17 bits per heavy atom. The van der Waals surface area contributed by atoms with Crippen molar-refractivity contribution in [3.05, 3.63) is 70.2 Å². The monoisotopic (exact) mass is 510 g/mol. The van der Waals surface area contributed by atoms with Crippen molar-refractivity contribution >= 4 is 33.9 Å². The Hall–Kier alpha value is -4.12. The van der Waals surface area contributed by atoms with Crippen molar-refractivity contribution < 1.29 is 28.3 Å². The maximum atomic E-state index is 13.5. The number of hydrogen-bond acceptors (Lipinski definition) is 10. The van der Waals surface area contributed by atoms with Crippen LogP contribution in [0.2, 0.25) is 0 Å². The molecule has 0 fully saturated rings. The largest absolute Gasteiger partial charge is 0.492 e. The number of hydrogen-bond donors (Lipinski definition) is 1. The van der Waals surface area contributed by atoms with Gasteiger partial charge in [-0.05, 0) is 63.1 Å². The van der Waals surface area contributed by atoms with E-state index in [1.165, 1.54) is 29.2 Å². The van der Waals surface area contributed by atoms with Crippen LogP contribution in [-0.4, -0.2) is 44.6 Å². The van der Waals surface area contributed by atoms with Gasteiger partial charge in [0.25, 0.3) is 11.7 Å². The van der Waals surface area contributed by atoms with Gasteiger partial charge in [0, 0.05) is 11.3 Å². The predicted octanol–water partition coefficient (Wildman–Crippen LogP) is 4.98. The summed E-state index contributed by atoms with van der Waals surface area (Å²) in [4.78, 5) is 35.3. The molecule has 4 aromatic rings. The Bertz CT molecular complexity index is 1420. The van der Waals surface area contributed by atoms with E-state index in [-0.39, 0.29) is 28.3 Å². The van der Waals surface area contributed by atoms with Crippen molar-refractivity contribution in [1.29, 1.82) is 0 Å². The first-order valence-electron chi connectivity index (χ1n) is 11.1. The number of benzene rings is 2. The van der Waals surface area contributed by atoms with E-state index >= 15 is 0 Å². The molecular weight excluding hydrogens is 487 g/mol. The van der Waals surface area contributed by atoms with Crippen molar-refractivity contribution in [3.8, 4) is 17.3 Å². The molecule has 0 amide bonds. The van der Waals surface area contributed by atoms with E-state index in [2.05, 4.69) is 15.1 Å². The number of esters is 1. The van der Waals surface area contributed by atoms with Crippen LogP contribution < -0.4 is 4.90 Å². The zero-order valence-electron chi connectivity index (χ0n) is 20.0. The minimum atomic E-state index is -0.886. The van der Waals surface area contributed by atoms with Crippen LogP contribution in [0.25, 0.3) is 11.4 Å². The molecule has 0 spiro atoms. The number of carbonyl (C=O) groups excluding carboxylic acids is 2. The number of thiazole rings is 1. The molecule has 0 saturated carbocycles. The highest BCUT2D eigenvalue weighted by atomic mass is 32.1. The Labute approximate surface area is 210 Å². The summed E-state index contributed by atoms with van der Waals surface area (Å²) in [6.45, 7) is 7.28. The molecule has 0 aliphatic carbocycles. The molecule has 4 rings (SSSR count). The lowest BCUT2D eigenvalue weighted by molar-refractivity contribution is -0.144. The van der Waals surface area contributed by atoms with Crippen LogP contribution in [-0.2, 0) is 9.53 Å². The standard InChI is InChI=1S/C25H23FN4O5S/c1-5-34-24(33)15(4)30(17-11-9-16(26)10-12-17)25-28-22(32)20(36-25)19(31)23-27-21(29-35-23)18-8-6-7-13(2)14(18)3/h6-12,15,32H,5H2,1-4H3/t15-/m0/s1. The molecular formula is C25H23FN4O5S. The van der Waals surface area contributed by atoms with E-state index in [9.17, 15) is 19.1 Å². The molecule has 0 saturated heterocycles. The molecule has 36 heavy (non-hydrogen) atoms. The molecule has 0 aliphatic heterocycles. The lowest BCUT2D eigenvalue weighted by Crippen LogP contribution is -2.36. The summed E-state index contributed by atoms with van der Waals surface area (Å²) in [5.41, 5.74) is 3.12. The predicted molar refractivity (Wildman–Crippen MR) is 131 cm³/mol. The molecule has 11 heteroatoms. The number of nitrogens with zero attached hydrogens (tertiary/aromatic N) is 4. The zero-order valence-corrected chi connectivity index (χ0v) is 20.8. The normalized spacial score (nSPS) is 11.8. The third-order valence-corrected chi connectivity index (χ3v) is 6.64. The van der Waals surface area contributed by atoms with Gasteiger partial charge in [-0.2, -0.15) is 9.97 Å². The molecule has 2 heterocycles. The van der Waals surface area contributed by atoms with Crippen LogP contribution >= 0.6 is 11.3 Å². The van der Waals surface area contributed by atoms with Gasteiger partial charge >= 0.3 is 5.97 Å². The van der Waals surface area contributed by atoms with Gasteiger partial charge in [0.1, 0.15) is 16.7 Å². The van der Waals surface area contributed by atoms with Crippen LogP contribution in [0.3, 0.4) is 0 Å². The van der Waals surface area contributed by atoms with Crippen LogP contribution in [0.4, 0.5) is 15.2 Å². The Morgan fingerprint density at radius 2 is 1.89 bits per heavy atom. The number of anilines is 2. The van der Waals surface area contributed by atoms with Crippen molar-refractivity contribution in [1.82, 2.24) is 15.1 Å². The molecule has 0 unspecified atom stereocenters. The summed E-state index contributed by atoms with van der Waals surface area (Å²) >= 11 is 0.830. The van der Waals surface area contributed by atoms with E-state index in [4.69, 9.17) is 9.26 Å². The quantitative estimate of drug-likeness (QED) is 0.259. The minimum absolute atomic E-state index is 0.122. The van der Waals surface area contributed by atoms with Crippen LogP contribution in [0.15, 0.2) is 47.0 Å². The molecule has 0 bridgehead atoms. The lowest BCUT2D eigenvalue weighted by Gasteiger charge is -2.27. The Morgan fingerprint density at radius 3 is 2.58 bits per heavy atom. The van der Waals surface area contributed by atoms with Gasteiger partial charge in [-0.25, -0.2) is 9.18 Å². The number of halogens is 1. The maximum absolute atomic E-state index is 13.5. The van der Waals surface area contributed by atoms with Crippen molar-refractivity contribution in [2.24, 2.45) is 0 Å². The number of rotatable bonds is 8. The minimum Gasteiger partial charge on any atom is -0.492 e. The third-order valence-electron chi connectivity index (χ3n) is 5.60. The van der Waals surface area contributed by atoms with E-state index in [0.29, 0.717) is 5.69 Å². The van der Waals surface area contributed by atoms with Crippen molar-refractivity contribution in [3.63, 3.8) is 0 Å². The number of carbonyl (C=O) groups is 2. The number of aryl methyl sites for hydroxylation is 1. The van der Waals surface area contributed by atoms with Gasteiger partial charge in [-0.3, -0.25) is 4.79 Å². The fourth-order valence-electron chi connectivity index (χ4n) is 3.54. The molecule has 2 aromatic heterocycles. The van der Waals surface area contributed by atoms with Crippen molar-refractivity contribution in [2.75, 3.05) is 11.5 Å². The lowest BCUT2D eigenvalue weighted by atomic mass is 10.0. The average molecular weight is 511 g/mol. The average Bonchev–Trinajstić information content (AvgIpc) is 3.49. The van der Waals surface area contributed by atoms with Gasteiger partial charge in [-0.15, -0.1) is 0 Å². The van der Waals surface area contributed by atoms with Gasteiger partial charge < -0.3 is 19.3 Å². The van der Waals surface area contributed by atoms with Crippen LogP contribution in [0.5, 0.6) is 5.88 Å². The fourth-order valence-corrected chi connectivity index (χ4v) is 4.53. The highest BCUT2D eigenvalue weighted by Gasteiger charge is 2.31. The number of aromatic nitrogens is 3. The number of aromatic hydroxyl groups is 1. The third kappa shape index (κ3) is 4.82. The van der Waals surface area contributed by atoms with E-state index in [0.717, 1.165) is 28.0 Å². The SMILES string of the molecule is CCOC(=O)[C@H](C)N(c1ccc(F)cc1)c1nc(O)c(C(=O)c2nc(-c3cccc(C)c3C)no2)s1. The first-order chi connectivity index (χ1) is 17.2. The molecule has 2 aromatic carbocycles. The van der Waals surface area contributed by atoms with E-state index in [1.54, 1.807) is 13.8 Å². The van der Waals surface area contributed by atoms with E-state index in [1.807, 2.05) is 32.0 Å². The summed E-state index contributed by atoms with van der Waals surface area (Å²) in [6.07, 6.45) is 0. The summed E-state index contributed by atoms with van der Waals surface area (Å²) in [6, 6.07) is 10.1. The van der Waals surface area contributed by atoms with Crippen LogP contribution in [0.1, 0.15) is 40.5 Å². The summed E-state index contributed by atoms with van der Waals surface area (Å²) in [5, 5.41) is 14.6. The molecule has 0 aliphatic rings. The molecule has 1 N–H and O–H groups in total. The number of ether oxygens (including phenoxy) is 1. The highest BCUT2D eigenvalue weighted by molar-refractivity contribution is 7.18. The number of ketones is 1. The van der Waals surface area contributed by atoms with Gasteiger partial charge in [0.05, 0.1) is 6.61 Å². The van der Waals surface area contributed by atoms with E-state index < -0.39 is 29.5 Å². The summed E-state index contributed by atoms with van der Waals surface area (Å²) in [5.74, 6) is -2.37. The van der Waals surface area contributed by atoms with Crippen LogP contribution in [0, 0.1) is 19.7 Å². The van der Waals surface area contributed by atoms with Crippen molar-refractivity contribution in [2.45, 2.75) is 33.7 Å². The van der Waals surface area contributed by atoms with Gasteiger partial charge in [-0.1, -0.05) is 34.7 Å². The fraction of sp³-hybridized carbons (Fsp3) is 0.240. The molecule has 1 atom stereocenters. The maximum Gasteiger partial charge on any atom is 0.328 e. The first kappa shape index (κ1) is 25.0. The Kier molecular flexibility index (Phi) is 7.11. The second-order valence-corrected chi connectivity index (χ2v) is 8.90. The van der Waals surface area contributed by atoms with Gasteiger partial charge in [0.15, 0.2) is 5.13 Å². The Balaban J connectivity index is 1.70. The second kappa shape index (κ2) is 10.2. The molecule has 186 valence electrons. The van der Waals surface area contributed by atoms with Gasteiger partial charge in [0.2, 0.25) is 11.7 Å². The zero-order chi connectivity index (χ0) is 26.0. The molecule has 9 nitrogen and oxygen atoms in total. The highest BCUT2D eigenvalue weighted by Crippen LogP contribution is 2.37. The second-order valence-electron chi connectivity index (χ2n) is 7.92. The first-order valence-corrected chi connectivity index (χ1v) is 11.9. The topological polar surface area (TPSA) is 119 Å². The smallest absolute Gasteiger partial charge is 0.328 e. The summed E-state index contributed by atoms with van der Waals surface area (Å²) < 4.78 is 23.9.